The molecule has 0 unspecified atom stereocenters. The number of likely N-dealkylation sites (tertiary alicyclic amines) is 1. The van der Waals surface area contributed by atoms with Gasteiger partial charge in [0.2, 0.25) is 5.91 Å². The van der Waals surface area contributed by atoms with Gasteiger partial charge in [0.05, 0.1) is 11.9 Å². The van der Waals surface area contributed by atoms with Crippen LogP contribution in [0.2, 0.25) is 0 Å². The predicted octanol–water partition coefficient (Wildman–Crippen LogP) is 2.77. The van der Waals surface area contributed by atoms with Crippen molar-refractivity contribution in [1.29, 1.82) is 0 Å². The Kier molecular flexibility index (Phi) is 5.94. The fourth-order valence-electron chi connectivity index (χ4n) is 3.82. The molecule has 2 aliphatic heterocycles. The van der Waals surface area contributed by atoms with E-state index >= 15 is 0 Å². The summed E-state index contributed by atoms with van der Waals surface area (Å²) in [5, 5.41) is 5.82. The zero-order valence-corrected chi connectivity index (χ0v) is 16.3. The second kappa shape index (κ2) is 8.75. The molecule has 0 radical (unpaired) electrons. The maximum Gasteiger partial charge on any atom is 0.229 e. The van der Waals surface area contributed by atoms with Gasteiger partial charge in [-0.2, -0.15) is 0 Å². The minimum Gasteiger partial charge on any atom is -0.355 e. The molecule has 1 amide bonds. The smallest absolute Gasteiger partial charge is 0.229 e. The van der Waals surface area contributed by atoms with Gasteiger partial charge < -0.3 is 10.2 Å². The highest BCUT2D eigenvalue weighted by molar-refractivity contribution is 7.13. The van der Waals surface area contributed by atoms with Crippen LogP contribution in [0.15, 0.2) is 24.0 Å². The summed E-state index contributed by atoms with van der Waals surface area (Å²) in [7, 11) is 0. The van der Waals surface area contributed by atoms with E-state index < -0.39 is 0 Å². The van der Waals surface area contributed by atoms with Crippen LogP contribution in [0.3, 0.4) is 0 Å². The highest BCUT2D eigenvalue weighted by Crippen LogP contribution is 2.24. The molecule has 2 aromatic heterocycles. The third kappa shape index (κ3) is 4.81. The average Bonchev–Trinajstić information content (AvgIpc) is 3.16. The normalized spacial score (nSPS) is 19.2. The summed E-state index contributed by atoms with van der Waals surface area (Å²) < 4.78 is 0. The van der Waals surface area contributed by atoms with E-state index in [1.165, 1.54) is 30.6 Å². The predicted molar refractivity (Wildman–Crippen MR) is 107 cm³/mol. The van der Waals surface area contributed by atoms with Gasteiger partial charge in [0.15, 0.2) is 5.13 Å². The fourth-order valence-corrected chi connectivity index (χ4v) is 4.52. The van der Waals surface area contributed by atoms with Crippen molar-refractivity contribution in [3.8, 4) is 0 Å². The van der Waals surface area contributed by atoms with Crippen molar-refractivity contribution in [3.63, 3.8) is 0 Å². The van der Waals surface area contributed by atoms with Crippen LogP contribution in [0.1, 0.15) is 37.8 Å². The maximum atomic E-state index is 12.6. The Labute approximate surface area is 163 Å². The largest absolute Gasteiger partial charge is 0.355 e. The van der Waals surface area contributed by atoms with Gasteiger partial charge in [0.1, 0.15) is 5.82 Å². The van der Waals surface area contributed by atoms with E-state index in [0.29, 0.717) is 0 Å². The second-order valence-electron chi connectivity index (χ2n) is 7.29. The molecule has 2 fully saturated rings. The number of amides is 1. The number of anilines is 2. The number of nitrogens with zero attached hydrogens (tertiary/aromatic N) is 5. The van der Waals surface area contributed by atoms with E-state index in [1.54, 1.807) is 18.6 Å². The maximum absolute atomic E-state index is 12.6. The first-order valence-electron chi connectivity index (χ1n) is 9.76. The topological polar surface area (TPSA) is 74.2 Å². The Hall–Kier alpha value is -2.06. The van der Waals surface area contributed by atoms with Crippen LogP contribution in [-0.4, -0.2) is 51.9 Å². The quantitative estimate of drug-likeness (QED) is 0.852. The van der Waals surface area contributed by atoms with E-state index in [2.05, 4.69) is 35.4 Å². The molecule has 2 aliphatic rings. The Morgan fingerprint density at radius 2 is 1.96 bits per heavy atom. The number of carbonyl (C=O) groups excluding carboxylic acids is 1. The first-order chi connectivity index (χ1) is 13.3. The number of piperidine rings is 2. The summed E-state index contributed by atoms with van der Waals surface area (Å²) in [6.07, 6.45) is 10.7. The van der Waals surface area contributed by atoms with Gasteiger partial charge in [-0.25, -0.2) is 9.97 Å². The van der Waals surface area contributed by atoms with Crippen LogP contribution < -0.4 is 10.2 Å². The van der Waals surface area contributed by atoms with E-state index in [1.807, 2.05) is 0 Å². The molecule has 27 heavy (non-hydrogen) atoms. The van der Waals surface area contributed by atoms with Gasteiger partial charge in [-0.1, -0.05) is 6.42 Å². The van der Waals surface area contributed by atoms with Crippen molar-refractivity contribution in [2.75, 3.05) is 36.4 Å². The van der Waals surface area contributed by atoms with Crippen molar-refractivity contribution >= 4 is 28.2 Å². The Bertz CT molecular complexity index is 738. The monoisotopic (exact) mass is 386 g/mol. The van der Waals surface area contributed by atoms with Crippen LogP contribution in [-0.2, 0) is 11.3 Å². The van der Waals surface area contributed by atoms with Gasteiger partial charge in [0.25, 0.3) is 0 Å². The first kappa shape index (κ1) is 18.3. The van der Waals surface area contributed by atoms with Gasteiger partial charge in [-0.3, -0.25) is 14.7 Å². The van der Waals surface area contributed by atoms with Gasteiger partial charge in [0, 0.05) is 43.3 Å². The number of hydrogen-bond acceptors (Lipinski definition) is 7. The lowest BCUT2D eigenvalue weighted by atomic mass is 9.96. The van der Waals surface area contributed by atoms with Gasteiger partial charge in [-0.15, -0.1) is 11.3 Å². The van der Waals surface area contributed by atoms with Crippen LogP contribution in [0.25, 0.3) is 0 Å². The van der Waals surface area contributed by atoms with Crippen LogP contribution in [0, 0.1) is 5.92 Å². The van der Waals surface area contributed by atoms with E-state index in [-0.39, 0.29) is 11.8 Å². The molecular weight excluding hydrogens is 360 g/mol. The standard InChI is InChI=1S/C19H26N6OS/c26-18(15-4-10-25(11-5-15)17-12-20-6-7-21-17)23-19-22-16(14-27-19)13-24-8-2-1-3-9-24/h6-7,12,14-15H,1-5,8-11,13H2,(H,22,23,26). The van der Waals surface area contributed by atoms with Crippen LogP contribution >= 0.6 is 11.3 Å². The molecule has 0 bridgehead atoms. The third-order valence-corrected chi connectivity index (χ3v) is 6.16. The van der Waals surface area contributed by atoms with Crippen molar-refractivity contribution in [3.05, 3.63) is 29.7 Å². The summed E-state index contributed by atoms with van der Waals surface area (Å²) in [4.78, 5) is 30.3. The summed E-state index contributed by atoms with van der Waals surface area (Å²) in [5.41, 5.74) is 1.06. The zero-order valence-electron chi connectivity index (χ0n) is 15.5. The fraction of sp³-hybridized carbons (Fsp3) is 0.579. The second-order valence-corrected chi connectivity index (χ2v) is 8.15. The average molecular weight is 387 g/mol. The Balaban J connectivity index is 1.26. The molecule has 8 heteroatoms. The number of nitrogens with one attached hydrogen (secondary N) is 1. The molecule has 4 rings (SSSR count). The summed E-state index contributed by atoms with van der Waals surface area (Å²) in [6, 6.07) is 0. The van der Waals surface area contributed by atoms with Crippen LogP contribution in [0.4, 0.5) is 10.9 Å². The highest BCUT2D eigenvalue weighted by Gasteiger charge is 2.26. The number of carbonyl (C=O) groups is 1. The minimum atomic E-state index is 0.0346. The van der Waals surface area contributed by atoms with Crippen molar-refractivity contribution in [2.45, 2.75) is 38.6 Å². The van der Waals surface area contributed by atoms with Crippen molar-refractivity contribution in [1.82, 2.24) is 19.9 Å². The van der Waals surface area contributed by atoms with Crippen molar-refractivity contribution < 1.29 is 4.79 Å². The number of rotatable bonds is 5. The number of thiazole rings is 1. The Morgan fingerprint density at radius 1 is 1.15 bits per heavy atom. The molecule has 0 atom stereocenters. The molecule has 0 saturated carbocycles. The molecule has 1 N–H and O–H groups in total. The number of hydrogen-bond donors (Lipinski definition) is 1. The van der Waals surface area contributed by atoms with Gasteiger partial charge >= 0.3 is 0 Å². The highest BCUT2D eigenvalue weighted by atomic mass is 32.1. The summed E-state index contributed by atoms with van der Waals surface area (Å²) in [5.74, 6) is 1.01. The van der Waals surface area contributed by atoms with Crippen molar-refractivity contribution in [2.24, 2.45) is 5.92 Å². The summed E-state index contributed by atoms with van der Waals surface area (Å²) >= 11 is 1.53. The van der Waals surface area contributed by atoms with Crippen LogP contribution in [0.5, 0.6) is 0 Å². The molecule has 0 spiro atoms. The molecule has 2 saturated heterocycles. The lowest BCUT2D eigenvalue weighted by Crippen LogP contribution is -2.38. The molecular formula is C19H26N6OS. The zero-order chi connectivity index (χ0) is 18.5. The molecule has 0 aromatic carbocycles. The molecule has 2 aromatic rings. The minimum absolute atomic E-state index is 0.0346. The number of aromatic nitrogens is 3. The third-order valence-electron chi connectivity index (χ3n) is 5.36. The Morgan fingerprint density at radius 3 is 2.70 bits per heavy atom. The van der Waals surface area contributed by atoms with E-state index in [4.69, 9.17) is 0 Å². The molecule has 4 heterocycles. The lowest BCUT2D eigenvalue weighted by molar-refractivity contribution is -0.120. The molecule has 144 valence electrons. The SMILES string of the molecule is O=C(Nc1nc(CN2CCCCC2)cs1)C1CCN(c2cnccn2)CC1. The molecule has 7 nitrogen and oxygen atoms in total. The van der Waals surface area contributed by atoms with Gasteiger partial charge in [-0.05, 0) is 38.8 Å². The lowest BCUT2D eigenvalue weighted by Gasteiger charge is -2.31. The molecule has 0 aliphatic carbocycles. The summed E-state index contributed by atoms with van der Waals surface area (Å²) in [6.45, 7) is 4.86. The van der Waals surface area contributed by atoms with E-state index in [0.717, 1.165) is 62.2 Å². The van der Waals surface area contributed by atoms with E-state index in [9.17, 15) is 4.79 Å². The first-order valence-corrected chi connectivity index (χ1v) is 10.6.